The van der Waals surface area contributed by atoms with Gasteiger partial charge in [0.1, 0.15) is 0 Å². The van der Waals surface area contributed by atoms with Gasteiger partial charge in [-0.25, -0.2) is 8.42 Å². The molecule has 0 unspecified atom stereocenters. The summed E-state index contributed by atoms with van der Waals surface area (Å²) in [6.45, 7) is 1.78. The normalized spacial score (nSPS) is 19.7. The number of hydrogen-bond acceptors (Lipinski definition) is 4. The van der Waals surface area contributed by atoms with Gasteiger partial charge in [-0.15, -0.1) is 0 Å². The number of anilines is 2. The maximum absolute atomic E-state index is 12.3. The Hall–Kier alpha value is -1.60. The van der Waals surface area contributed by atoms with Crippen LogP contribution >= 0.6 is 0 Å². The van der Waals surface area contributed by atoms with Crippen molar-refractivity contribution in [2.24, 2.45) is 5.92 Å². The first-order valence-electron chi connectivity index (χ1n) is 7.31. The van der Waals surface area contributed by atoms with Crippen molar-refractivity contribution >= 4 is 27.3 Å². The molecule has 1 atom stereocenters. The standard InChI is InChI=1S/C15H23N3O3S/c1-17-9-5-6-12(11-17)15(19)16-13-7-4-8-14(10-13)18(2)22(3,20)21/h4,7-8,10,12H,5-6,9,11H2,1-3H3,(H,16,19)/t12-/m1/s1. The second-order valence-electron chi connectivity index (χ2n) is 5.87. The highest BCUT2D eigenvalue weighted by molar-refractivity contribution is 7.92. The number of sulfonamides is 1. The molecule has 1 aliphatic heterocycles. The van der Waals surface area contributed by atoms with Gasteiger partial charge < -0.3 is 10.2 Å². The molecule has 1 heterocycles. The van der Waals surface area contributed by atoms with E-state index in [1.807, 2.05) is 7.05 Å². The lowest BCUT2D eigenvalue weighted by atomic mass is 9.97. The summed E-state index contributed by atoms with van der Waals surface area (Å²) in [4.78, 5) is 14.5. The fraction of sp³-hybridized carbons (Fsp3) is 0.533. The summed E-state index contributed by atoms with van der Waals surface area (Å²) in [5, 5.41) is 2.89. The third-order valence-corrected chi connectivity index (χ3v) is 5.18. The van der Waals surface area contributed by atoms with Crippen molar-refractivity contribution in [3.8, 4) is 0 Å². The van der Waals surface area contributed by atoms with E-state index in [0.29, 0.717) is 11.4 Å². The largest absolute Gasteiger partial charge is 0.326 e. The number of hydrogen-bond donors (Lipinski definition) is 1. The van der Waals surface area contributed by atoms with Crippen LogP contribution in [0.15, 0.2) is 24.3 Å². The van der Waals surface area contributed by atoms with Gasteiger partial charge in [0.05, 0.1) is 17.9 Å². The number of likely N-dealkylation sites (tertiary alicyclic amines) is 1. The van der Waals surface area contributed by atoms with Crippen molar-refractivity contribution in [2.45, 2.75) is 12.8 Å². The highest BCUT2D eigenvalue weighted by Gasteiger charge is 2.24. The Morgan fingerprint density at radius 3 is 2.77 bits per heavy atom. The average Bonchev–Trinajstić information content (AvgIpc) is 2.45. The Balaban J connectivity index is 2.08. The number of carbonyl (C=O) groups is 1. The number of rotatable bonds is 4. The van der Waals surface area contributed by atoms with Crippen LogP contribution < -0.4 is 9.62 Å². The summed E-state index contributed by atoms with van der Waals surface area (Å²) >= 11 is 0. The van der Waals surface area contributed by atoms with Crippen molar-refractivity contribution in [3.05, 3.63) is 24.3 Å². The molecular formula is C15H23N3O3S. The van der Waals surface area contributed by atoms with Crippen molar-refractivity contribution in [3.63, 3.8) is 0 Å². The lowest BCUT2D eigenvalue weighted by Gasteiger charge is -2.28. The van der Waals surface area contributed by atoms with Crippen molar-refractivity contribution < 1.29 is 13.2 Å². The van der Waals surface area contributed by atoms with E-state index in [1.54, 1.807) is 24.3 Å². The van der Waals surface area contributed by atoms with Gasteiger partial charge in [-0.05, 0) is 44.6 Å². The van der Waals surface area contributed by atoms with Crippen LogP contribution in [0.3, 0.4) is 0 Å². The van der Waals surface area contributed by atoms with Crippen molar-refractivity contribution in [2.75, 3.05) is 43.1 Å². The second kappa shape index (κ2) is 6.66. The van der Waals surface area contributed by atoms with Crippen LogP contribution in [0.2, 0.25) is 0 Å². The molecule has 1 amide bonds. The summed E-state index contributed by atoms with van der Waals surface area (Å²) in [5.41, 5.74) is 1.15. The van der Waals surface area contributed by atoms with Gasteiger partial charge in [-0.3, -0.25) is 9.10 Å². The first-order chi connectivity index (χ1) is 10.3. The number of benzene rings is 1. The molecule has 0 saturated carbocycles. The summed E-state index contributed by atoms with van der Waals surface area (Å²) in [7, 11) is 0.193. The quantitative estimate of drug-likeness (QED) is 0.907. The molecule has 0 aromatic heterocycles. The summed E-state index contributed by atoms with van der Waals surface area (Å²) in [5.74, 6) is -0.0271. The van der Waals surface area contributed by atoms with E-state index in [2.05, 4.69) is 10.2 Å². The van der Waals surface area contributed by atoms with Crippen LogP contribution in [-0.2, 0) is 14.8 Å². The number of nitrogens with one attached hydrogen (secondary N) is 1. The predicted molar refractivity (Wildman–Crippen MR) is 88.5 cm³/mol. The molecule has 122 valence electrons. The molecule has 0 aliphatic carbocycles. The molecule has 1 aromatic rings. The van der Waals surface area contributed by atoms with Gasteiger partial charge in [0.25, 0.3) is 0 Å². The molecule has 1 aliphatic rings. The summed E-state index contributed by atoms with van der Waals surface area (Å²) < 4.78 is 24.4. The highest BCUT2D eigenvalue weighted by Crippen LogP contribution is 2.22. The fourth-order valence-corrected chi connectivity index (χ4v) is 3.09. The Morgan fingerprint density at radius 1 is 1.41 bits per heavy atom. The van der Waals surface area contributed by atoms with E-state index in [-0.39, 0.29) is 11.8 Å². The van der Waals surface area contributed by atoms with Gasteiger partial charge >= 0.3 is 0 Å². The Morgan fingerprint density at radius 2 is 2.14 bits per heavy atom. The zero-order chi connectivity index (χ0) is 16.3. The van der Waals surface area contributed by atoms with Crippen LogP contribution in [0.5, 0.6) is 0 Å². The minimum atomic E-state index is -3.31. The van der Waals surface area contributed by atoms with Gasteiger partial charge in [-0.1, -0.05) is 6.07 Å². The molecule has 22 heavy (non-hydrogen) atoms. The molecule has 0 bridgehead atoms. The number of piperidine rings is 1. The summed E-state index contributed by atoms with van der Waals surface area (Å²) in [6, 6.07) is 6.88. The van der Waals surface area contributed by atoms with Crippen LogP contribution in [-0.4, -0.2) is 52.7 Å². The van der Waals surface area contributed by atoms with Crippen molar-refractivity contribution in [1.82, 2.24) is 4.90 Å². The first kappa shape index (κ1) is 16.8. The number of amides is 1. The topological polar surface area (TPSA) is 69.7 Å². The van der Waals surface area contributed by atoms with Crippen LogP contribution in [0.4, 0.5) is 11.4 Å². The molecule has 0 radical (unpaired) electrons. The third kappa shape index (κ3) is 4.20. The van der Waals surface area contributed by atoms with Gasteiger partial charge in [0.2, 0.25) is 15.9 Å². The zero-order valence-electron chi connectivity index (χ0n) is 13.2. The lowest BCUT2D eigenvalue weighted by Crippen LogP contribution is -2.38. The molecule has 1 saturated heterocycles. The maximum Gasteiger partial charge on any atom is 0.231 e. The molecule has 2 rings (SSSR count). The smallest absolute Gasteiger partial charge is 0.231 e. The van der Waals surface area contributed by atoms with E-state index in [4.69, 9.17) is 0 Å². The fourth-order valence-electron chi connectivity index (χ4n) is 2.60. The predicted octanol–water partition coefficient (Wildman–Crippen LogP) is 1.36. The molecule has 0 spiro atoms. The third-order valence-electron chi connectivity index (χ3n) is 3.97. The van der Waals surface area contributed by atoms with Crippen LogP contribution in [0.25, 0.3) is 0 Å². The van der Waals surface area contributed by atoms with Crippen molar-refractivity contribution in [1.29, 1.82) is 0 Å². The van der Waals surface area contributed by atoms with Gasteiger partial charge in [0, 0.05) is 19.3 Å². The SMILES string of the molecule is CN1CCC[C@@H](C(=O)Nc2cccc(N(C)S(C)(=O)=O)c2)C1. The van der Waals surface area contributed by atoms with E-state index < -0.39 is 10.0 Å². The molecule has 7 heteroatoms. The molecule has 6 nitrogen and oxygen atoms in total. The average molecular weight is 325 g/mol. The number of carbonyl (C=O) groups excluding carboxylic acids is 1. The minimum absolute atomic E-state index is 0.00860. The van der Waals surface area contributed by atoms with E-state index in [1.165, 1.54) is 11.4 Å². The molecule has 1 N–H and O–H groups in total. The Kier molecular flexibility index (Phi) is 5.08. The van der Waals surface area contributed by atoms with Crippen LogP contribution in [0, 0.1) is 5.92 Å². The number of nitrogens with zero attached hydrogens (tertiary/aromatic N) is 2. The maximum atomic E-state index is 12.3. The minimum Gasteiger partial charge on any atom is -0.326 e. The van der Waals surface area contributed by atoms with Gasteiger partial charge in [-0.2, -0.15) is 0 Å². The highest BCUT2D eigenvalue weighted by atomic mass is 32.2. The van der Waals surface area contributed by atoms with E-state index in [0.717, 1.165) is 32.2 Å². The molecular weight excluding hydrogens is 302 g/mol. The monoisotopic (exact) mass is 325 g/mol. The molecule has 1 fully saturated rings. The Bertz CT molecular complexity index is 645. The lowest BCUT2D eigenvalue weighted by molar-refractivity contribution is -0.121. The van der Waals surface area contributed by atoms with Gasteiger partial charge in [0.15, 0.2) is 0 Å². The van der Waals surface area contributed by atoms with E-state index in [9.17, 15) is 13.2 Å². The zero-order valence-corrected chi connectivity index (χ0v) is 14.1. The summed E-state index contributed by atoms with van der Waals surface area (Å²) in [6.07, 6.45) is 3.06. The van der Waals surface area contributed by atoms with E-state index >= 15 is 0 Å². The Labute approximate surface area is 132 Å². The first-order valence-corrected chi connectivity index (χ1v) is 9.15. The van der Waals surface area contributed by atoms with Crippen LogP contribution in [0.1, 0.15) is 12.8 Å². The molecule has 1 aromatic carbocycles. The second-order valence-corrected chi connectivity index (χ2v) is 7.89.